The molecule has 2 aliphatic rings. The first-order chi connectivity index (χ1) is 9.38. The van der Waals surface area contributed by atoms with Gasteiger partial charge in [0.2, 0.25) is 0 Å². The van der Waals surface area contributed by atoms with Crippen molar-refractivity contribution in [3.05, 3.63) is 30.1 Å². The first kappa shape index (κ1) is 11.4. The number of rotatable bonds is 2. The van der Waals surface area contributed by atoms with Crippen molar-refractivity contribution >= 4 is 11.0 Å². The third-order valence-corrected chi connectivity index (χ3v) is 4.49. The summed E-state index contributed by atoms with van der Waals surface area (Å²) in [5.41, 5.74) is 2.22. The van der Waals surface area contributed by atoms with Gasteiger partial charge < -0.3 is 10.3 Å². The molecule has 1 aromatic carbocycles. The summed E-state index contributed by atoms with van der Waals surface area (Å²) in [6.45, 7) is 4.53. The molecule has 2 saturated heterocycles. The van der Waals surface area contributed by atoms with E-state index in [-0.39, 0.29) is 0 Å². The normalized spacial score (nSPS) is 27.8. The molecule has 0 bridgehead atoms. The summed E-state index contributed by atoms with van der Waals surface area (Å²) in [5, 5.41) is 3.65. The molecule has 2 aromatic rings. The third-order valence-electron chi connectivity index (χ3n) is 4.49. The number of benzene rings is 1. The molecule has 19 heavy (non-hydrogen) atoms. The predicted molar refractivity (Wildman–Crippen MR) is 75.9 cm³/mol. The maximum atomic E-state index is 4.68. The zero-order valence-corrected chi connectivity index (χ0v) is 11.1. The number of aromatic amines is 1. The Kier molecular flexibility index (Phi) is 2.78. The lowest BCUT2D eigenvalue weighted by Crippen LogP contribution is -2.40. The van der Waals surface area contributed by atoms with Crippen molar-refractivity contribution in [1.29, 1.82) is 0 Å². The van der Waals surface area contributed by atoms with E-state index in [0.717, 1.165) is 29.3 Å². The summed E-state index contributed by atoms with van der Waals surface area (Å²) in [6, 6.07) is 8.97. The van der Waals surface area contributed by atoms with Gasteiger partial charge in [0.15, 0.2) is 0 Å². The van der Waals surface area contributed by atoms with Crippen LogP contribution < -0.4 is 5.32 Å². The van der Waals surface area contributed by atoms with Crippen LogP contribution in [0.5, 0.6) is 0 Å². The highest BCUT2D eigenvalue weighted by atomic mass is 15.2. The summed E-state index contributed by atoms with van der Waals surface area (Å²) in [4.78, 5) is 10.6. The Morgan fingerprint density at radius 1 is 1.26 bits per heavy atom. The minimum atomic E-state index is 0.707. The van der Waals surface area contributed by atoms with Gasteiger partial charge in [0.25, 0.3) is 0 Å². The number of nitrogens with zero attached hydrogens (tertiary/aromatic N) is 2. The maximum absolute atomic E-state index is 4.68. The van der Waals surface area contributed by atoms with Crippen LogP contribution in [0.2, 0.25) is 0 Å². The van der Waals surface area contributed by atoms with Crippen molar-refractivity contribution in [2.45, 2.75) is 25.4 Å². The Bertz CT molecular complexity index is 529. The molecule has 0 radical (unpaired) electrons. The zero-order chi connectivity index (χ0) is 12.7. The summed E-state index contributed by atoms with van der Waals surface area (Å²) in [6.07, 6.45) is 2.72. The van der Waals surface area contributed by atoms with E-state index >= 15 is 0 Å². The number of hydrogen-bond acceptors (Lipinski definition) is 3. The average molecular weight is 256 g/mol. The average Bonchev–Trinajstić information content (AvgIpc) is 3.00. The topological polar surface area (TPSA) is 44.0 Å². The van der Waals surface area contributed by atoms with Crippen LogP contribution in [0.1, 0.15) is 18.7 Å². The summed E-state index contributed by atoms with van der Waals surface area (Å²) in [5.74, 6) is 1.94. The molecule has 0 aliphatic carbocycles. The first-order valence-electron chi connectivity index (χ1n) is 7.28. The first-order valence-corrected chi connectivity index (χ1v) is 7.28. The van der Waals surface area contributed by atoms with Crippen LogP contribution in [0, 0.1) is 5.92 Å². The van der Waals surface area contributed by atoms with Gasteiger partial charge in [-0.15, -0.1) is 0 Å². The lowest BCUT2D eigenvalue weighted by Gasteiger charge is -2.24. The van der Waals surface area contributed by atoms with Crippen LogP contribution in [0.3, 0.4) is 0 Å². The number of fused-ring (bicyclic) bond motifs is 2. The second-order valence-electron chi connectivity index (χ2n) is 5.86. The number of hydrogen-bond donors (Lipinski definition) is 2. The Labute approximate surface area is 113 Å². The highest BCUT2D eigenvalue weighted by molar-refractivity contribution is 5.74. The number of aromatic nitrogens is 2. The maximum Gasteiger partial charge on any atom is 0.121 e. The van der Waals surface area contributed by atoms with E-state index in [1.165, 1.54) is 32.5 Å². The van der Waals surface area contributed by atoms with Crippen LogP contribution in [0.25, 0.3) is 11.0 Å². The third kappa shape index (κ3) is 2.15. The molecule has 2 atom stereocenters. The van der Waals surface area contributed by atoms with E-state index < -0.39 is 0 Å². The van der Waals surface area contributed by atoms with Crippen LogP contribution in [0.15, 0.2) is 24.3 Å². The highest BCUT2D eigenvalue weighted by Crippen LogP contribution is 2.25. The van der Waals surface area contributed by atoms with Gasteiger partial charge in [-0.3, -0.25) is 4.90 Å². The molecule has 0 amide bonds. The Hall–Kier alpha value is -1.39. The van der Waals surface area contributed by atoms with Gasteiger partial charge in [0, 0.05) is 19.1 Å². The van der Waals surface area contributed by atoms with Gasteiger partial charge in [0.1, 0.15) is 5.82 Å². The lowest BCUT2D eigenvalue weighted by molar-refractivity contribution is 0.306. The zero-order valence-electron chi connectivity index (χ0n) is 11.1. The second kappa shape index (κ2) is 4.62. The van der Waals surface area contributed by atoms with Crippen LogP contribution >= 0.6 is 0 Å². The number of H-pyrrole nitrogens is 1. The predicted octanol–water partition coefficient (Wildman–Crippen LogP) is 1.75. The van der Waals surface area contributed by atoms with Crippen LogP contribution in [-0.4, -0.2) is 40.5 Å². The number of likely N-dealkylation sites (tertiary alicyclic amines) is 1. The molecule has 4 rings (SSSR count). The molecule has 2 N–H and O–H groups in total. The molecule has 2 aliphatic heterocycles. The van der Waals surface area contributed by atoms with Crippen molar-refractivity contribution in [3.8, 4) is 0 Å². The molecule has 4 heteroatoms. The van der Waals surface area contributed by atoms with E-state index in [2.05, 4.69) is 38.4 Å². The van der Waals surface area contributed by atoms with Gasteiger partial charge >= 0.3 is 0 Å². The quantitative estimate of drug-likeness (QED) is 0.860. The van der Waals surface area contributed by atoms with Crippen LogP contribution in [-0.2, 0) is 6.54 Å². The van der Waals surface area contributed by atoms with Crippen molar-refractivity contribution in [2.75, 3.05) is 19.6 Å². The molecule has 1 aromatic heterocycles. The Balaban J connectivity index is 1.49. The van der Waals surface area contributed by atoms with E-state index in [4.69, 9.17) is 0 Å². The van der Waals surface area contributed by atoms with E-state index in [1.807, 2.05) is 6.07 Å². The van der Waals surface area contributed by atoms with E-state index in [1.54, 1.807) is 0 Å². The molecule has 100 valence electrons. The minimum Gasteiger partial charge on any atom is -0.341 e. The fourth-order valence-electron chi connectivity index (χ4n) is 3.56. The SMILES string of the molecule is c1ccc2[nH]c(CN3CC4CCCNC4C3)nc2c1. The molecule has 2 fully saturated rings. The second-order valence-corrected chi connectivity index (χ2v) is 5.86. The van der Waals surface area contributed by atoms with Gasteiger partial charge in [-0.25, -0.2) is 4.98 Å². The van der Waals surface area contributed by atoms with Gasteiger partial charge in [-0.2, -0.15) is 0 Å². The van der Waals surface area contributed by atoms with Crippen molar-refractivity contribution in [2.24, 2.45) is 5.92 Å². The lowest BCUT2D eigenvalue weighted by atomic mass is 9.94. The van der Waals surface area contributed by atoms with Gasteiger partial charge in [-0.05, 0) is 37.4 Å². The summed E-state index contributed by atoms with van der Waals surface area (Å²) >= 11 is 0. The summed E-state index contributed by atoms with van der Waals surface area (Å²) < 4.78 is 0. The number of nitrogens with one attached hydrogen (secondary N) is 2. The Morgan fingerprint density at radius 3 is 3.11 bits per heavy atom. The van der Waals surface area contributed by atoms with Crippen molar-refractivity contribution in [3.63, 3.8) is 0 Å². The fourth-order valence-corrected chi connectivity index (χ4v) is 3.56. The van der Waals surface area contributed by atoms with Gasteiger partial charge in [0.05, 0.1) is 17.6 Å². The molecule has 0 saturated carbocycles. The minimum absolute atomic E-state index is 0.707. The molecule has 2 unspecified atom stereocenters. The number of para-hydroxylation sites is 2. The smallest absolute Gasteiger partial charge is 0.121 e. The molecule has 0 spiro atoms. The highest BCUT2D eigenvalue weighted by Gasteiger charge is 2.34. The molecule has 4 nitrogen and oxygen atoms in total. The number of imidazole rings is 1. The van der Waals surface area contributed by atoms with E-state index in [9.17, 15) is 0 Å². The van der Waals surface area contributed by atoms with E-state index in [0.29, 0.717) is 6.04 Å². The molecule has 3 heterocycles. The van der Waals surface area contributed by atoms with Crippen molar-refractivity contribution < 1.29 is 0 Å². The Morgan fingerprint density at radius 2 is 2.21 bits per heavy atom. The standard InChI is InChI=1S/C15H20N4/c1-2-6-13-12(5-1)17-15(18-13)10-19-8-11-4-3-7-16-14(11)9-19/h1-2,5-6,11,14,16H,3-4,7-10H2,(H,17,18). The van der Waals surface area contributed by atoms with Gasteiger partial charge in [-0.1, -0.05) is 12.1 Å². The summed E-state index contributed by atoms with van der Waals surface area (Å²) in [7, 11) is 0. The molecular weight excluding hydrogens is 236 g/mol. The fraction of sp³-hybridized carbons (Fsp3) is 0.533. The number of piperidine rings is 1. The monoisotopic (exact) mass is 256 g/mol. The van der Waals surface area contributed by atoms with Crippen LogP contribution in [0.4, 0.5) is 0 Å². The molecular formula is C15H20N4. The largest absolute Gasteiger partial charge is 0.341 e. The van der Waals surface area contributed by atoms with Crippen molar-refractivity contribution in [1.82, 2.24) is 20.2 Å².